The number of oxazole rings is 1. The van der Waals surface area contributed by atoms with Gasteiger partial charge in [0.1, 0.15) is 18.1 Å². The van der Waals surface area contributed by atoms with Crippen molar-refractivity contribution in [2.45, 2.75) is 32.9 Å². The van der Waals surface area contributed by atoms with Crippen molar-refractivity contribution >= 4 is 17.2 Å². The number of carbonyl (C=O) groups excluding carboxylic acids is 1. The Bertz CT molecular complexity index is 917. The number of amides is 1. The largest absolute Gasteiger partial charge is 0.491 e. The molecule has 3 heterocycles. The Balaban J connectivity index is 1.54. The minimum atomic E-state index is -0.00143. The number of aromatic nitrogens is 1. The number of fused-ring (bicyclic) bond motifs is 1. The zero-order valence-electron chi connectivity index (χ0n) is 14.8. The molecular formula is C20H20N2O3S. The van der Waals surface area contributed by atoms with Crippen LogP contribution in [0, 0.1) is 6.92 Å². The molecule has 5 nitrogen and oxygen atoms in total. The van der Waals surface area contributed by atoms with Crippen LogP contribution in [0.2, 0.25) is 0 Å². The van der Waals surface area contributed by atoms with E-state index in [0.29, 0.717) is 30.5 Å². The molecule has 2 aromatic heterocycles. The van der Waals surface area contributed by atoms with E-state index in [1.54, 1.807) is 11.3 Å². The number of hydrogen-bond acceptors (Lipinski definition) is 5. The van der Waals surface area contributed by atoms with Gasteiger partial charge in [0.25, 0.3) is 0 Å². The van der Waals surface area contributed by atoms with Crippen LogP contribution in [-0.4, -0.2) is 28.4 Å². The molecule has 1 unspecified atom stereocenters. The Hall–Kier alpha value is -2.60. The van der Waals surface area contributed by atoms with Gasteiger partial charge in [0, 0.05) is 23.1 Å². The molecule has 0 spiro atoms. The molecule has 6 heteroatoms. The van der Waals surface area contributed by atoms with Gasteiger partial charge >= 0.3 is 0 Å². The number of para-hydroxylation sites is 1. The van der Waals surface area contributed by atoms with Crippen molar-refractivity contribution < 1.29 is 13.9 Å². The van der Waals surface area contributed by atoms with Crippen molar-refractivity contribution in [3.8, 4) is 17.2 Å². The maximum Gasteiger partial charge on any atom is 0.229 e. The third kappa shape index (κ3) is 3.24. The number of aryl methyl sites for hydroxylation is 1. The first kappa shape index (κ1) is 16.8. The van der Waals surface area contributed by atoms with Crippen molar-refractivity contribution in [3.63, 3.8) is 0 Å². The highest BCUT2D eigenvalue weighted by atomic mass is 32.1. The Morgan fingerprint density at radius 2 is 2.19 bits per heavy atom. The van der Waals surface area contributed by atoms with E-state index in [2.05, 4.69) is 4.98 Å². The number of nitrogens with zero attached hydrogens (tertiary/aromatic N) is 2. The van der Waals surface area contributed by atoms with Crippen LogP contribution in [0.1, 0.15) is 23.9 Å². The first-order valence-corrected chi connectivity index (χ1v) is 9.55. The van der Waals surface area contributed by atoms with Gasteiger partial charge in [-0.1, -0.05) is 18.2 Å². The lowest BCUT2D eigenvalue weighted by atomic mass is 10.1. The second-order valence-corrected chi connectivity index (χ2v) is 7.28. The smallest absolute Gasteiger partial charge is 0.229 e. The Labute approximate surface area is 156 Å². The van der Waals surface area contributed by atoms with E-state index in [1.165, 1.54) is 0 Å². The van der Waals surface area contributed by atoms with Crippen molar-refractivity contribution in [1.82, 2.24) is 9.88 Å². The summed E-state index contributed by atoms with van der Waals surface area (Å²) in [6.45, 7) is 4.90. The van der Waals surface area contributed by atoms with Crippen LogP contribution in [0.3, 0.4) is 0 Å². The molecule has 1 amide bonds. The minimum absolute atomic E-state index is 0.00143. The highest BCUT2D eigenvalue weighted by Crippen LogP contribution is 2.27. The summed E-state index contributed by atoms with van der Waals surface area (Å²) < 4.78 is 11.6. The van der Waals surface area contributed by atoms with Crippen molar-refractivity contribution in [3.05, 3.63) is 58.1 Å². The molecule has 1 aliphatic rings. The van der Waals surface area contributed by atoms with Gasteiger partial charge in [0.15, 0.2) is 0 Å². The van der Waals surface area contributed by atoms with Gasteiger partial charge < -0.3 is 14.1 Å². The summed E-state index contributed by atoms with van der Waals surface area (Å²) in [7, 11) is 0. The first-order chi connectivity index (χ1) is 12.6. The molecule has 0 aliphatic carbocycles. The van der Waals surface area contributed by atoms with E-state index in [1.807, 2.05) is 59.8 Å². The van der Waals surface area contributed by atoms with Crippen LogP contribution < -0.4 is 4.74 Å². The zero-order chi connectivity index (χ0) is 18.1. The van der Waals surface area contributed by atoms with Gasteiger partial charge in [-0.25, -0.2) is 4.98 Å². The van der Waals surface area contributed by atoms with Crippen LogP contribution in [0.15, 0.2) is 45.5 Å². The highest BCUT2D eigenvalue weighted by molar-refractivity contribution is 7.08. The van der Waals surface area contributed by atoms with E-state index >= 15 is 0 Å². The normalized spacial score (nSPS) is 16.7. The second kappa shape index (κ2) is 6.96. The molecular weight excluding hydrogens is 348 g/mol. The van der Waals surface area contributed by atoms with Crippen LogP contribution in [-0.2, 0) is 17.8 Å². The van der Waals surface area contributed by atoms with Crippen LogP contribution >= 0.6 is 11.3 Å². The summed E-state index contributed by atoms with van der Waals surface area (Å²) in [4.78, 5) is 19.4. The van der Waals surface area contributed by atoms with Gasteiger partial charge in [0.2, 0.25) is 11.8 Å². The minimum Gasteiger partial charge on any atom is -0.491 e. The monoisotopic (exact) mass is 368 g/mol. The van der Waals surface area contributed by atoms with Crippen molar-refractivity contribution in [1.29, 1.82) is 0 Å². The maximum atomic E-state index is 13.0. The summed E-state index contributed by atoms with van der Waals surface area (Å²) in [5.41, 5.74) is 2.67. The molecule has 0 radical (unpaired) electrons. The molecule has 1 aliphatic heterocycles. The SMILES string of the molecule is Cc1oc(-c2ccsc2)nc1CC(=O)N1Cc2ccccc2OCC1C. The predicted octanol–water partition coefficient (Wildman–Crippen LogP) is 4.06. The van der Waals surface area contributed by atoms with Crippen LogP contribution in [0.25, 0.3) is 11.5 Å². The fourth-order valence-corrected chi connectivity index (χ4v) is 3.73. The Morgan fingerprint density at radius 1 is 1.35 bits per heavy atom. The van der Waals surface area contributed by atoms with Gasteiger partial charge in [-0.15, -0.1) is 0 Å². The topological polar surface area (TPSA) is 55.6 Å². The Morgan fingerprint density at radius 3 is 3.00 bits per heavy atom. The average molecular weight is 368 g/mol. The van der Waals surface area contributed by atoms with E-state index in [4.69, 9.17) is 9.15 Å². The molecule has 1 aromatic carbocycles. The lowest BCUT2D eigenvalue weighted by Crippen LogP contribution is -2.40. The summed E-state index contributed by atoms with van der Waals surface area (Å²) >= 11 is 1.59. The number of hydrogen-bond donors (Lipinski definition) is 0. The molecule has 134 valence electrons. The summed E-state index contributed by atoms with van der Waals surface area (Å²) in [5.74, 6) is 2.15. The fraction of sp³-hybridized carbons (Fsp3) is 0.300. The summed E-state index contributed by atoms with van der Waals surface area (Å²) in [5, 5.41) is 3.97. The molecule has 1 atom stereocenters. The number of rotatable bonds is 3. The Kier molecular flexibility index (Phi) is 4.51. The lowest BCUT2D eigenvalue weighted by molar-refractivity contribution is -0.133. The van der Waals surface area contributed by atoms with E-state index in [-0.39, 0.29) is 18.4 Å². The summed E-state index contributed by atoms with van der Waals surface area (Å²) in [6.07, 6.45) is 0.228. The van der Waals surface area contributed by atoms with E-state index in [9.17, 15) is 4.79 Å². The van der Waals surface area contributed by atoms with Crippen LogP contribution in [0.4, 0.5) is 0 Å². The lowest BCUT2D eigenvalue weighted by Gasteiger charge is -2.26. The predicted molar refractivity (Wildman–Crippen MR) is 100 cm³/mol. The summed E-state index contributed by atoms with van der Waals surface area (Å²) in [6, 6.07) is 9.83. The molecule has 0 saturated carbocycles. The third-order valence-electron chi connectivity index (χ3n) is 4.63. The molecule has 0 fully saturated rings. The first-order valence-electron chi connectivity index (χ1n) is 8.61. The number of ether oxygens (including phenoxy) is 1. The fourth-order valence-electron chi connectivity index (χ4n) is 3.10. The molecule has 3 aromatic rings. The van der Waals surface area contributed by atoms with Crippen molar-refractivity contribution in [2.24, 2.45) is 0 Å². The van der Waals surface area contributed by atoms with E-state index in [0.717, 1.165) is 16.9 Å². The van der Waals surface area contributed by atoms with Gasteiger partial charge in [0.05, 0.1) is 18.2 Å². The third-order valence-corrected chi connectivity index (χ3v) is 5.31. The quantitative estimate of drug-likeness (QED) is 0.699. The van der Waals surface area contributed by atoms with Crippen LogP contribution in [0.5, 0.6) is 5.75 Å². The zero-order valence-corrected chi connectivity index (χ0v) is 15.6. The molecule has 26 heavy (non-hydrogen) atoms. The number of benzene rings is 1. The molecule has 0 N–H and O–H groups in total. The van der Waals surface area contributed by atoms with Crippen molar-refractivity contribution in [2.75, 3.05) is 6.61 Å². The number of thiophene rings is 1. The van der Waals surface area contributed by atoms with Gasteiger partial charge in [-0.2, -0.15) is 11.3 Å². The van der Waals surface area contributed by atoms with Gasteiger partial charge in [-0.3, -0.25) is 4.79 Å². The highest BCUT2D eigenvalue weighted by Gasteiger charge is 2.27. The maximum absolute atomic E-state index is 13.0. The standard InChI is InChI=1S/C20H20N2O3S/c1-13-11-24-18-6-4-3-5-15(18)10-22(13)19(23)9-17-14(2)25-20(21-17)16-7-8-26-12-16/h3-8,12-13H,9-11H2,1-2H3. The average Bonchev–Trinajstić information content (AvgIpc) is 3.25. The molecule has 0 bridgehead atoms. The van der Waals surface area contributed by atoms with E-state index < -0.39 is 0 Å². The number of carbonyl (C=O) groups is 1. The second-order valence-electron chi connectivity index (χ2n) is 6.50. The molecule has 0 saturated heterocycles. The van der Waals surface area contributed by atoms with Gasteiger partial charge in [-0.05, 0) is 31.4 Å². The molecule has 4 rings (SSSR count).